The highest BCUT2D eigenvalue weighted by Crippen LogP contribution is 2.34. The fourth-order valence-corrected chi connectivity index (χ4v) is 4.54. The lowest BCUT2D eigenvalue weighted by atomic mass is 10.1. The highest BCUT2D eigenvalue weighted by Gasteiger charge is 2.47. The highest BCUT2D eigenvalue weighted by molar-refractivity contribution is 7.99. The molecular weight excluding hydrogens is 450 g/mol. The van der Waals surface area contributed by atoms with Crippen molar-refractivity contribution < 1.29 is 38.1 Å². The Balaban J connectivity index is 1.78. The number of hydrogen-bond donors (Lipinski definition) is 0. The minimum Gasteiger partial charge on any atom is -0.497 e. The van der Waals surface area contributed by atoms with Gasteiger partial charge in [-0.15, -0.1) is 11.8 Å². The first-order valence-electron chi connectivity index (χ1n) is 10.2. The van der Waals surface area contributed by atoms with E-state index in [1.54, 1.807) is 25.4 Å². The molecule has 2 aromatic rings. The van der Waals surface area contributed by atoms with Crippen molar-refractivity contribution >= 4 is 29.7 Å². The molecule has 0 aliphatic carbocycles. The van der Waals surface area contributed by atoms with Crippen molar-refractivity contribution in [1.82, 2.24) is 4.98 Å². The average molecular weight is 476 g/mol. The lowest BCUT2D eigenvalue weighted by Gasteiger charge is -2.39. The van der Waals surface area contributed by atoms with Crippen LogP contribution in [-0.2, 0) is 28.6 Å². The third kappa shape index (κ3) is 6.61. The van der Waals surface area contributed by atoms with Crippen molar-refractivity contribution in [3.63, 3.8) is 0 Å². The Morgan fingerprint density at radius 2 is 1.45 bits per heavy atom. The Morgan fingerprint density at radius 3 is 2.00 bits per heavy atom. The average Bonchev–Trinajstić information content (AvgIpc) is 2.77. The topological polar surface area (TPSA) is 110 Å². The van der Waals surface area contributed by atoms with Gasteiger partial charge in [-0.1, -0.05) is 0 Å². The van der Waals surface area contributed by atoms with Crippen molar-refractivity contribution in [2.75, 3.05) is 12.9 Å². The summed E-state index contributed by atoms with van der Waals surface area (Å²) in [6, 6.07) is 11.0. The van der Waals surface area contributed by atoms with E-state index in [2.05, 4.69) is 4.98 Å². The fraction of sp³-hybridized carbons (Fsp3) is 0.391. The molecule has 0 N–H and O–H groups in total. The van der Waals surface area contributed by atoms with Gasteiger partial charge in [0.25, 0.3) is 0 Å². The van der Waals surface area contributed by atoms with E-state index >= 15 is 0 Å². The van der Waals surface area contributed by atoms with E-state index in [-0.39, 0.29) is 5.75 Å². The third-order valence-electron chi connectivity index (χ3n) is 4.68. The van der Waals surface area contributed by atoms with E-state index in [0.717, 1.165) is 17.0 Å². The molecule has 4 atom stereocenters. The number of rotatable bonds is 7. The van der Waals surface area contributed by atoms with Gasteiger partial charge in [-0.05, 0) is 36.4 Å². The smallest absolute Gasteiger partial charge is 0.303 e. The Bertz CT molecular complexity index is 979. The predicted molar refractivity (Wildman–Crippen MR) is 120 cm³/mol. The number of carbonyl (C=O) groups excluding carboxylic acids is 3. The molecule has 0 saturated carbocycles. The van der Waals surface area contributed by atoms with E-state index in [4.69, 9.17) is 23.7 Å². The van der Waals surface area contributed by atoms with Gasteiger partial charge < -0.3 is 23.7 Å². The van der Waals surface area contributed by atoms with Gasteiger partial charge in [0, 0.05) is 32.1 Å². The van der Waals surface area contributed by atoms with Crippen molar-refractivity contribution in [3.05, 3.63) is 42.6 Å². The van der Waals surface area contributed by atoms with Gasteiger partial charge in [0.15, 0.2) is 23.7 Å². The third-order valence-corrected chi connectivity index (χ3v) is 5.89. The van der Waals surface area contributed by atoms with Crippen LogP contribution in [0.3, 0.4) is 0 Å². The Hall–Kier alpha value is -3.27. The summed E-state index contributed by atoms with van der Waals surface area (Å²) in [4.78, 5) is 39.4. The quantitative estimate of drug-likeness (QED) is 0.438. The van der Waals surface area contributed by atoms with Crippen LogP contribution in [0.1, 0.15) is 20.8 Å². The van der Waals surface area contributed by atoms with Crippen LogP contribution >= 0.6 is 11.8 Å². The number of pyridine rings is 1. The lowest BCUT2D eigenvalue weighted by Crippen LogP contribution is -2.55. The van der Waals surface area contributed by atoms with E-state index < -0.39 is 41.7 Å². The van der Waals surface area contributed by atoms with Crippen LogP contribution in [0.2, 0.25) is 0 Å². The molecule has 3 rings (SSSR count). The zero-order valence-electron chi connectivity index (χ0n) is 18.7. The first-order valence-corrected chi connectivity index (χ1v) is 11.2. The Labute approximate surface area is 195 Å². The van der Waals surface area contributed by atoms with Crippen LogP contribution in [-0.4, -0.2) is 59.5 Å². The van der Waals surface area contributed by atoms with Gasteiger partial charge in [0.2, 0.25) is 0 Å². The molecule has 1 fully saturated rings. The van der Waals surface area contributed by atoms with Crippen molar-refractivity contribution in [3.8, 4) is 22.8 Å². The molecule has 1 saturated heterocycles. The van der Waals surface area contributed by atoms with Crippen molar-refractivity contribution in [2.24, 2.45) is 0 Å². The highest BCUT2D eigenvalue weighted by atomic mass is 32.2. The van der Waals surface area contributed by atoms with Crippen LogP contribution in [0.25, 0.3) is 11.3 Å². The number of esters is 3. The van der Waals surface area contributed by atoms with Gasteiger partial charge in [-0.25, -0.2) is 0 Å². The van der Waals surface area contributed by atoms with Crippen LogP contribution < -0.4 is 9.47 Å². The van der Waals surface area contributed by atoms with Gasteiger partial charge in [0.1, 0.15) is 11.5 Å². The summed E-state index contributed by atoms with van der Waals surface area (Å²) in [5, 5.41) is 0. The maximum Gasteiger partial charge on any atom is 0.303 e. The summed E-state index contributed by atoms with van der Waals surface area (Å²) in [7, 11) is 1.60. The maximum absolute atomic E-state index is 11.8. The number of benzene rings is 1. The van der Waals surface area contributed by atoms with Crippen molar-refractivity contribution in [2.45, 2.75) is 44.5 Å². The standard InChI is InChI=1S/C23H25NO8S/c1-13(25)29-20-12-33-23(22(31-15(3)27)21(20)30-14(2)26)32-18-9-10-19(24-11-18)16-5-7-17(28-4)8-6-16/h5-11,20-23H,12H2,1-4H3/t20-,21+,22-,23-/m1/s1. The molecule has 0 bridgehead atoms. The summed E-state index contributed by atoms with van der Waals surface area (Å²) in [5.41, 5.74) is 0.940. The normalized spacial score (nSPS) is 22.1. The minimum atomic E-state index is -1.01. The van der Waals surface area contributed by atoms with Gasteiger partial charge in [-0.3, -0.25) is 19.4 Å². The molecule has 33 heavy (non-hydrogen) atoms. The van der Waals surface area contributed by atoms with Crippen LogP contribution in [0.15, 0.2) is 42.6 Å². The minimum absolute atomic E-state index is 0.289. The first-order chi connectivity index (χ1) is 15.8. The molecule has 1 aliphatic heterocycles. The molecular formula is C23H25NO8S. The Kier molecular flexibility index (Phi) is 8.16. The second-order valence-electron chi connectivity index (χ2n) is 7.22. The molecule has 10 heteroatoms. The number of ether oxygens (including phenoxy) is 5. The molecule has 176 valence electrons. The summed E-state index contributed by atoms with van der Waals surface area (Å²) in [6.07, 6.45) is -1.22. The fourth-order valence-electron chi connectivity index (χ4n) is 3.33. The number of nitrogens with zero attached hydrogens (tertiary/aromatic N) is 1. The van der Waals surface area contributed by atoms with Gasteiger partial charge >= 0.3 is 17.9 Å². The Morgan fingerprint density at radius 1 is 0.848 bits per heavy atom. The number of methoxy groups -OCH3 is 1. The predicted octanol–water partition coefficient (Wildman–Crippen LogP) is 3.00. The van der Waals surface area contributed by atoms with Crippen LogP contribution in [0, 0.1) is 0 Å². The second kappa shape index (κ2) is 11.0. The number of aromatic nitrogens is 1. The molecule has 1 aromatic heterocycles. The molecule has 9 nitrogen and oxygen atoms in total. The van der Waals surface area contributed by atoms with E-state index in [0.29, 0.717) is 5.75 Å². The number of thioether (sulfide) groups is 1. The van der Waals surface area contributed by atoms with E-state index in [1.807, 2.05) is 24.3 Å². The molecule has 0 radical (unpaired) electrons. The second-order valence-corrected chi connectivity index (χ2v) is 8.35. The largest absolute Gasteiger partial charge is 0.497 e. The monoisotopic (exact) mass is 475 g/mol. The number of carbonyl (C=O) groups is 3. The van der Waals surface area contributed by atoms with Crippen LogP contribution in [0.4, 0.5) is 0 Å². The van der Waals surface area contributed by atoms with E-state index in [9.17, 15) is 14.4 Å². The molecule has 0 amide bonds. The first kappa shape index (κ1) is 24.4. The zero-order valence-corrected chi connectivity index (χ0v) is 19.5. The van der Waals surface area contributed by atoms with Gasteiger partial charge in [-0.2, -0.15) is 0 Å². The molecule has 1 aromatic carbocycles. The van der Waals surface area contributed by atoms with Crippen molar-refractivity contribution in [1.29, 1.82) is 0 Å². The SMILES string of the molecule is COc1ccc(-c2ccc(O[C@@H]3SC[C@@H](OC(C)=O)[C@H](OC(C)=O)[C@H]3OC(C)=O)cn2)cc1. The van der Waals surface area contributed by atoms with Gasteiger partial charge in [0.05, 0.1) is 19.0 Å². The zero-order chi connectivity index (χ0) is 24.0. The summed E-state index contributed by atoms with van der Waals surface area (Å²) in [6.45, 7) is 3.73. The number of hydrogen-bond acceptors (Lipinski definition) is 10. The molecule has 0 unspecified atom stereocenters. The summed E-state index contributed by atoms with van der Waals surface area (Å²) in [5.74, 6) is -0.226. The molecule has 1 aliphatic rings. The van der Waals surface area contributed by atoms with Crippen LogP contribution in [0.5, 0.6) is 11.5 Å². The lowest BCUT2D eigenvalue weighted by molar-refractivity contribution is -0.186. The molecule has 2 heterocycles. The molecule has 0 spiro atoms. The van der Waals surface area contributed by atoms with E-state index in [1.165, 1.54) is 32.5 Å². The summed E-state index contributed by atoms with van der Waals surface area (Å²) < 4.78 is 27.3. The maximum atomic E-state index is 11.8. The summed E-state index contributed by atoms with van der Waals surface area (Å²) >= 11 is 1.28.